The summed E-state index contributed by atoms with van der Waals surface area (Å²) in [6, 6.07) is 4.72. The van der Waals surface area contributed by atoms with Gasteiger partial charge in [0.1, 0.15) is 16.8 Å². The fourth-order valence-electron chi connectivity index (χ4n) is 1.48. The van der Waals surface area contributed by atoms with E-state index in [1.165, 1.54) is 6.07 Å². The van der Waals surface area contributed by atoms with Gasteiger partial charge < -0.3 is 0 Å². The quantitative estimate of drug-likeness (QED) is 0.731. The van der Waals surface area contributed by atoms with Gasteiger partial charge in [0.05, 0.1) is 10.9 Å². The molecule has 1 aromatic heterocycles. The molecule has 0 saturated carbocycles. The Bertz CT molecular complexity index is 499. The Morgan fingerprint density at radius 1 is 1.33 bits per heavy atom. The molecule has 0 radical (unpaired) electrons. The van der Waals surface area contributed by atoms with Crippen LogP contribution in [0, 0.1) is 5.82 Å². The van der Waals surface area contributed by atoms with E-state index < -0.39 is 0 Å². The van der Waals surface area contributed by atoms with Gasteiger partial charge in [-0.15, -0.1) is 0 Å². The molecule has 2 rings (SSSR count). The van der Waals surface area contributed by atoms with Gasteiger partial charge in [-0.3, -0.25) is 0 Å². The monoisotopic (exact) mass is 224 g/mol. The van der Waals surface area contributed by atoms with Gasteiger partial charge in [0.2, 0.25) is 0 Å². The van der Waals surface area contributed by atoms with Crippen molar-refractivity contribution in [1.29, 1.82) is 0 Å². The van der Waals surface area contributed by atoms with Crippen molar-refractivity contribution in [2.75, 3.05) is 0 Å². The van der Waals surface area contributed by atoms with Crippen LogP contribution >= 0.6 is 11.6 Å². The van der Waals surface area contributed by atoms with Crippen LogP contribution < -0.4 is 0 Å². The minimum absolute atomic E-state index is 0.196. The Balaban J connectivity index is 2.67. The number of hydrogen-bond acceptors (Lipinski definition) is 2. The predicted octanol–water partition coefficient (Wildman–Crippen LogP) is 3.37. The number of hydrogen-bond donors (Lipinski definition) is 0. The number of rotatable bonds is 2. The second-order valence-electron chi connectivity index (χ2n) is 3.31. The molecule has 0 spiro atoms. The molecule has 78 valence electrons. The van der Waals surface area contributed by atoms with E-state index in [1.54, 1.807) is 12.1 Å². The zero-order valence-electron chi connectivity index (χ0n) is 8.30. The molecule has 4 heteroatoms. The van der Waals surface area contributed by atoms with Crippen LogP contribution in [-0.4, -0.2) is 9.97 Å². The average molecular weight is 225 g/mol. The average Bonchev–Trinajstić information content (AvgIpc) is 2.17. The van der Waals surface area contributed by atoms with E-state index in [0.29, 0.717) is 16.7 Å². The Morgan fingerprint density at radius 3 is 2.87 bits per heavy atom. The van der Waals surface area contributed by atoms with Crippen molar-refractivity contribution in [2.24, 2.45) is 0 Å². The highest BCUT2D eigenvalue weighted by atomic mass is 35.5. The Labute approximate surface area is 92.1 Å². The van der Waals surface area contributed by atoms with Crippen molar-refractivity contribution in [3.63, 3.8) is 0 Å². The lowest BCUT2D eigenvalue weighted by molar-refractivity contribution is 0.639. The van der Waals surface area contributed by atoms with Gasteiger partial charge in [0.25, 0.3) is 0 Å². The Hall–Kier alpha value is -1.22. The number of fused-ring (bicyclic) bond motifs is 1. The van der Waals surface area contributed by atoms with Gasteiger partial charge >= 0.3 is 0 Å². The molecule has 0 aliphatic rings. The van der Waals surface area contributed by atoms with Crippen molar-refractivity contribution < 1.29 is 4.39 Å². The standard InChI is InChI=1S/C11H10ClFN2/c1-2-4-9-14-8-6-3-5-7(13)10(8)11(12)15-9/h3,5-6H,2,4H2,1H3. The van der Waals surface area contributed by atoms with Crippen LogP contribution in [0.3, 0.4) is 0 Å². The summed E-state index contributed by atoms with van der Waals surface area (Å²) in [6.07, 6.45) is 1.70. The van der Waals surface area contributed by atoms with Gasteiger partial charge in [0.15, 0.2) is 0 Å². The van der Waals surface area contributed by atoms with E-state index in [-0.39, 0.29) is 11.0 Å². The summed E-state index contributed by atoms with van der Waals surface area (Å²) in [7, 11) is 0. The molecule has 0 N–H and O–H groups in total. The van der Waals surface area contributed by atoms with Crippen LogP contribution in [-0.2, 0) is 6.42 Å². The van der Waals surface area contributed by atoms with E-state index in [1.807, 2.05) is 6.92 Å². The third kappa shape index (κ3) is 1.92. The molecule has 0 atom stereocenters. The maximum absolute atomic E-state index is 13.4. The molecule has 0 aliphatic heterocycles. The van der Waals surface area contributed by atoms with Crippen LogP contribution in [0.4, 0.5) is 4.39 Å². The van der Waals surface area contributed by atoms with Crippen molar-refractivity contribution in [1.82, 2.24) is 9.97 Å². The molecule has 2 aromatic rings. The van der Waals surface area contributed by atoms with E-state index >= 15 is 0 Å². The Kier molecular flexibility index (Phi) is 2.82. The van der Waals surface area contributed by atoms with Gasteiger partial charge in [0, 0.05) is 6.42 Å². The van der Waals surface area contributed by atoms with Crippen LogP contribution in [0.5, 0.6) is 0 Å². The molecule has 0 aliphatic carbocycles. The number of aromatic nitrogens is 2. The normalized spacial score (nSPS) is 10.9. The summed E-state index contributed by atoms with van der Waals surface area (Å²) in [5.41, 5.74) is 0.568. The lowest BCUT2D eigenvalue weighted by Gasteiger charge is -2.03. The topological polar surface area (TPSA) is 25.8 Å². The van der Waals surface area contributed by atoms with Gasteiger partial charge in [-0.2, -0.15) is 0 Å². The van der Waals surface area contributed by atoms with Crippen molar-refractivity contribution in [2.45, 2.75) is 19.8 Å². The summed E-state index contributed by atoms with van der Waals surface area (Å²) in [6.45, 7) is 2.03. The fraction of sp³-hybridized carbons (Fsp3) is 0.273. The van der Waals surface area contributed by atoms with Gasteiger partial charge in [-0.05, 0) is 18.6 Å². The lowest BCUT2D eigenvalue weighted by atomic mass is 10.2. The molecule has 0 amide bonds. The third-order valence-electron chi connectivity index (χ3n) is 2.15. The van der Waals surface area contributed by atoms with Crippen LogP contribution in [0.25, 0.3) is 10.9 Å². The maximum Gasteiger partial charge on any atom is 0.143 e. The zero-order valence-corrected chi connectivity index (χ0v) is 9.05. The predicted molar refractivity (Wildman–Crippen MR) is 58.5 cm³/mol. The molecule has 0 bridgehead atoms. The molecular weight excluding hydrogens is 215 g/mol. The summed E-state index contributed by atoms with van der Waals surface area (Å²) in [5, 5.41) is 0.501. The number of nitrogens with zero attached hydrogens (tertiary/aromatic N) is 2. The summed E-state index contributed by atoms with van der Waals surface area (Å²) >= 11 is 5.91. The first kappa shape index (κ1) is 10.3. The van der Waals surface area contributed by atoms with E-state index in [0.717, 1.165) is 12.8 Å². The number of aryl methyl sites for hydroxylation is 1. The first-order valence-corrected chi connectivity index (χ1v) is 5.21. The molecule has 0 unspecified atom stereocenters. The summed E-state index contributed by atoms with van der Waals surface area (Å²) in [4.78, 5) is 8.32. The van der Waals surface area contributed by atoms with Crippen LogP contribution in [0.15, 0.2) is 18.2 Å². The fourth-order valence-corrected chi connectivity index (χ4v) is 1.76. The molecule has 2 nitrogen and oxygen atoms in total. The minimum atomic E-state index is -0.374. The molecule has 1 heterocycles. The summed E-state index contributed by atoms with van der Waals surface area (Å²) < 4.78 is 13.4. The second kappa shape index (κ2) is 4.11. The largest absolute Gasteiger partial charge is 0.233 e. The highest BCUT2D eigenvalue weighted by Gasteiger charge is 2.09. The SMILES string of the molecule is CCCc1nc(Cl)c2c(F)cccc2n1. The number of benzene rings is 1. The van der Waals surface area contributed by atoms with Gasteiger partial charge in [-0.25, -0.2) is 14.4 Å². The molecule has 0 fully saturated rings. The summed E-state index contributed by atoms with van der Waals surface area (Å²) in [5.74, 6) is 0.293. The van der Waals surface area contributed by atoms with Crippen LogP contribution in [0.1, 0.15) is 19.2 Å². The van der Waals surface area contributed by atoms with E-state index in [9.17, 15) is 4.39 Å². The van der Waals surface area contributed by atoms with Crippen LogP contribution in [0.2, 0.25) is 5.15 Å². The third-order valence-corrected chi connectivity index (χ3v) is 2.42. The molecule has 15 heavy (non-hydrogen) atoms. The highest BCUT2D eigenvalue weighted by Crippen LogP contribution is 2.23. The van der Waals surface area contributed by atoms with Gasteiger partial charge in [-0.1, -0.05) is 24.6 Å². The maximum atomic E-state index is 13.4. The number of halogens is 2. The lowest BCUT2D eigenvalue weighted by Crippen LogP contribution is -1.97. The van der Waals surface area contributed by atoms with E-state index in [4.69, 9.17) is 11.6 Å². The molecular formula is C11H10ClFN2. The first-order chi connectivity index (χ1) is 7.22. The van der Waals surface area contributed by atoms with E-state index in [2.05, 4.69) is 9.97 Å². The minimum Gasteiger partial charge on any atom is -0.233 e. The molecule has 1 aromatic carbocycles. The van der Waals surface area contributed by atoms with Crippen molar-refractivity contribution in [3.05, 3.63) is 35.0 Å². The zero-order chi connectivity index (χ0) is 10.8. The Morgan fingerprint density at radius 2 is 2.13 bits per heavy atom. The van der Waals surface area contributed by atoms with Crippen molar-refractivity contribution >= 4 is 22.5 Å². The van der Waals surface area contributed by atoms with Crippen molar-refractivity contribution in [3.8, 4) is 0 Å². The highest BCUT2D eigenvalue weighted by molar-refractivity contribution is 6.34. The smallest absolute Gasteiger partial charge is 0.143 e. The molecule has 0 saturated heterocycles. The second-order valence-corrected chi connectivity index (χ2v) is 3.67. The first-order valence-electron chi connectivity index (χ1n) is 4.83.